The third kappa shape index (κ3) is 3.30. The van der Waals surface area contributed by atoms with Gasteiger partial charge < -0.3 is 4.74 Å². The zero-order chi connectivity index (χ0) is 13.7. The summed E-state index contributed by atoms with van der Waals surface area (Å²) >= 11 is 0. The molecule has 2 aromatic rings. The summed E-state index contributed by atoms with van der Waals surface area (Å²) in [5, 5.41) is 0. The SMILES string of the molecule is COc1ccccc1S(=O)(=O)NCc1ccncc1. The van der Waals surface area contributed by atoms with Crippen LogP contribution in [0, 0.1) is 0 Å². The number of benzene rings is 1. The monoisotopic (exact) mass is 278 g/mol. The Hall–Kier alpha value is -1.92. The quantitative estimate of drug-likeness (QED) is 0.901. The van der Waals surface area contributed by atoms with E-state index in [9.17, 15) is 8.42 Å². The van der Waals surface area contributed by atoms with Gasteiger partial charge >= 0.3 is 0 Å². The second-order valence-corrected chi connectivity index (χ2v) is 5.57. The predicted octanol–water partition coefficient (Wildman–Crippen LogP) is 1.57. The van der Waals surface area contributed by atoms with E-state index >= 15 is 0 Å². The minimum Gasteiger partial charge on any atom is -0.495 e. The number of ether oxygens (including phenoxy) is 1. The fraction of sp³-hybridized carbons (Fsp3) is 0.154. The Morgan fingerprint density at radius 1 is 1.16 bits per heavy atom. The topological polar surface area (TPSA) is 68.3 Å². The average molecular weight is 278 g/mol. The Kier molecular flexibility index (Phi) is 4.13. The van der Waals surface area contributed by atoms with Gasteiger partial charge in [-0.1, -0.05) is 12.1 Å². The Balaban J connectivity index is 2.19. The van der Waals surface area contributed by atoms with Gasteiger partial charge in [0.2, 0.25) is 10.0 Å². The fourth-order valence-corrected chi connectivity index (χ4v) is 2.78. The Bertz CT molecular complexity index is 642. The van der Waals surface area contributed by atoms with Crippen LogP contribution < -0.4 is 9.46 Å². The van der Waals surface area contributed by atoms with E-state index < -0.39 is 10.0 Å². The summed E-state index contributed by atoms with van der Waals surface area (Å²) < 4.78 is 31.9. The Labute approximate surface area is 112 Å². The van der Waals surface area contributed by atoms with Crippen molar-refractivity contribution in [2.24, 2.45) is 0 Å². The summed E-state index contributed by atoms with van der Waals surface area (Å²) in [7, 11) is -2.15. The Morgan fingerprint density at radius 3 is 2.53 bits per heavy atom. The summed E-state index contributed by atoms with van der Waals surface area (Å²) in [5.41, 5.74) is 0.841. The number of pyridine rings is 1. The van der Waals surface area contributed by atoms with E-state index in [1.165, 1.54) is 13.2 Å². The molecule has 0 radical (unpaired) electrons. The zero-order valence-corrected chi connectivity index (χ0v) is 11.2. The molecule has 0 saturated heterocycles. The molecular weight excluding hydrogens is 264 g/mol. The van der Waals surface area contributed by atoms with Crippen LogP contribution in [0.15, 0.2) is 53.7 Å². The van der Waals surface area contributed by atoms with Crippen LogP contribution >= 0.6 is 0 Å². The molecule has 0 bridgehead atoms. The molecule has 0 aliphatic rings. The summed E-state index contributed by atoms with van der Waals surface area (Å²) in [5.74, 6) is 0.324. The smallest absolute Gasteiger partial charge is 0.244 e. The number of rotatable bonds is 5. The third-order valence-electron chi connectivity index (χ3n) is 2.57. The van der Waals surface area contributed by atoms with Crippen molar-refractivity contribution < 1.29 is 13.2 Å². The van der Waals surface area contributed by atoms with E-state index in [0.29, 0.717) is 5.75 Å². The number of nitrogens with zero attached hydrogens (tertiary/aromatic N) is 1. The molecule has 0 aliphatic carbocycles. The number of methoxy groups -OCH3 is 1. The minimum atomic E-state index is -3.60. The van der Waals surface area contributed by atoms with Gasteiger partial charge in [0.15, 0.2) is 0 Å². The largest absolute Gasteiger partial charge is 0.495 e. The van der Waals surface area contributed by atoms with Gasteiger partial charge in [0.05, 0.1) is 7.11 Å². The van der Waals surface area contributed by atoms with Crippen molar-refractivity contribution in [2.75, 3.05) is 7.11 Å². The van der Waals surface area contributed by atoms with Crippen molar-refractivity contribution in [1.82, 2.24) is 9.71 Å². The molecule has 100 valence electrons. The molecule has 0 unspecified atom stereocenters. The molecule has 1 aromatic heterocycles. The molecular formula is C13H14N2O3S. The molecule has 0 spiro atoms. The third-order valence-corrected chi connectivity index (χ3v) is 4.01. The van der Waals surface area contributed by atoms with E-state index in [4.69, 9.17) is 4.74 Å². The standard InChI is InChI=1S/C13H14N2O3S/c1-18-12-4-2-3-5-13(12)19(16,17)15-10-11-6-8-14-9-7-11/h2-9,15H,10H2,1H3. The summed E-state index contributed by atoms with van der Waals surface area (Å²) in [6, 6.07) is 10.0. The molecule has 1 heterocycles. The lowest BCUT2D eigenvalue weighted by atomic mass is 10.3. The van der Waals surface area contributed by atoms with Gasteiger partial charge in [0, 0.05) is 18.9 Å². The molecule has 5 nitrogen and oxygen atoms in total. The lowest BCUT2D eigenvalue weighted by Crippen LogP contribution is -2.23. The molecule has 0 saturated carbocycles. The van der Waals surface area contributed by atoms with Crippen LogP contribution in [-0.2, 0) is 16.6 Å². The molecule has 0 aliphatic heterocycles. The highest BCUT2D eigenvalue weighted by Crippen LogP contribution is 2.22. The van der Waals surface area contributed by atoms with Crippen molar-refractivity contribution in [2.45, 2.75) is 11.4 Å². The second kappa shape index (κ2) is 5.81. The number of hydrogen-bond acceptors (Lipinski definition) is 4. The van der Waals surface area contributed by atoms with Crippen molar-refractivity contribution in [3.05, 3.63) is 54.4 Å². The van der Waals surface area contributed by atoms with Crippen molar-refractivity contribution in [3.63, 3.8) is 0 Å². The molecule has 0 amide bonds. The van der Waals surface area contributed by atoms with Crippen LogP contribution in [0.3, 0.4) is 0 Å². The number of nitrogens with one attached hydrogen (secondary N) is 1. The molecule has 6 heteroatoms. The van der Waals surface area contributed by atoms with Gasteiger partial charge in [-0.2, -0.15) is 0 Å². The second-order valence-electron chi connectivity index (χ2n) is 3.83. The lowest BCUT2D eigenvalue weighted by Gasteiger charge is -2.10. The predicted molar refractivity (Wildman–Crippen MR) is 71.3 cm³/mol. The first kappa shape index (κ1) is 13.5. The molecule has 0 fully saturated rings. The number of hydrogen-bond donors (Lipinski definition) is 1. The van der Waals surface area contributed by atoms with Crippen molar-refractivity contribution in [1.29, 1.82) is 0 Å². The van der Waals surface area contributed by atoms with Gasteiger partial charge in [-0.05, 0) is 29.8 Å². The highest BCUT2D eigenvalue weighted by atomic mass is 32.2. The van der Waals surface area contributed by atoms with Crippen LogP contribution in [0.4, 0.5) is 0 Å². The maximum absolute atomic E-state index is 12.2. The van der Waals surface area contributed by atoms with E-state index in [2.05, 4.69) is 9.71 Å². The van der Waals surface area contributed by atoms with Crippen LogP contribution in [0.25, 0.3) is 0 Å². The first-order valence-electron chi connectivity index (χ1n) is 5.65. The van der Waals surface area contributed by atoms with Crippen molar-refractivity contribution >= 4 is 10.0 Å². The van der Waals surface area contributed by atoms with Gasteiger partial charge in [-0.3, -0.25) is 4.98 Å². The van der Waals surface area contributed by atoms with E-state index in [-0.39, 0.29) is 11.4 Å². The van der Waals surface area contributed by atoms with Gasteiger partial charge in [-0.15, -0.1) is 0 Å². The van der Waals surface area contributed by atoms with Crippen LogP contribution in [-0.4, -0.2) is 20.5 Å². The van der Waals surface area contributed by atoms with Gasteiger partial charge in [0.1, 0.15) is 10.6 Å². The number of aromatic nitrogens is 1. The Morgan fingerprint density at radius 2 is 1.84 bits per heavy atom. The summed E-state index contributed by atoms with van der Waals surface area (Å²) in [6.07, 6.45) is 3.24. The van der Waals surface area contributed by atoms with Crippen LogP contribution in [0.5, 0.6) is 5.75 Å². The lowest BCUT2D eigenvalue weighted by molar-refractivity contribution is 0.402. The van der Waals surface area contributed by atoms with Crippen molar-refractivity contribution in [3.8, 4) is 5.75 Å². The molecule has 1 aromatic carbocycles. The first-order chi connectivity index (χ1) is 9.13. The maximum atomic E-state index is 12.2. The number of para-hydroxylation sites is 1. The summed E-state index contributed by atoms with van der Waals surface area (Å²) in [6.45, 7) is 0.211. The molecule has 1 N–H and O–H groups in total. The zero-order valence-electron chi connectivity index (χ0n) is 10.4. The van der Waals surface area contributed by atoms with Crippen LogP contribution in [0.1, 0.15) is 5.56 Å². The average Bonchev–Trinajstić information content (AvgIpc) is 2.46. The first-order valence-corrected chi connectivity index (χ1v) is 7.13. The highest BCUT2D eigenvalue weighted by Gasteiger charge is 2.18. The van der Waals surface area contributed by atoms with Crippen LogP contribution in [0.2, 0.25) is 0 Å². The number of sulfonamides is 1. The molecule has 2 rings (SSSR count). The van der Waals surface area contributed by atoms with E-state index in [1.807, 2.05) is 0 Å². The van der Waals surface area contributed by atoms with E-state index in [1.54, 1.807) is 42.7 Å². The molecule has 19 heavy (non-hydrogen) atoms. The van der Waals surface area contributed by atoms with Gasteiger partial charge in [0.25, 0.3) is 0 Å². The fourth-order valence-electron chi connectivity index (χ4n) is 1.60. The molecule has 0 atom stereocenters. The highest BCUT2D eigenvalue weighted by molar-refractivity contribution is 7.89. The minimum absolute atomic E-state index is 0.131. The maximum Gasteiger partial charge on any atom is 0.244 e. The van der Waals surface area contributed by atoms with E-state index in [0.717, 1.165) is 5.56 Å². The normalized spacial score (nSPS) is 11.2. The van der Waals surface area contributed by atoms with Gasteiger partial charge in [-0.25, -0.2) is 13.1 Å². The summed E-state index contributed by atoms with van der Waals surface area (Å²) in [4.78, 5) is 4.01.